The number of pyridine rings is 1. The number of carboxylic acids is 1. The summed E-state index contributed by atoms with van der Waals surface area (Å²) in [7, 11) is 1.35. The van der Waals surface area contributed by atoms with Gasteiger partial charge in [-0.05, 0) is 41.0 Å². The first-order chi connectivity index (χ1) is 16.3. The lowest BCUT2D eigenvalue weighted by Crippen LogP contribution is -2.46. The van der Waals surface area contributed by atoms with Gasteiger partial charge in [0.05, 0.1) is 5.52 Å². The number of nitrogens with zero attached hydrogens (tertiary/aromatic N) is 2. The molecule has 2 atom stereocenters. The van der Waals surface area contributed by atoms with Gasteiger partial charge in [-0.1, -0.05) is 42.8 Å². The first-order valence-corrected chi connectivity index (χ1v) is 10.6. The number of aromatic nitrogens is 2. The Labute approximate surface area is 201 Å². The zero-order valence-electron chi connectivity index (χ0n) is 18.3. The molecular formula is C24H18ClF3N2O5. The Balaban J connectivity index is 1.78. The van der Waals surface area contributed by atoms with Gasteiger partial charge in [0.15, 0.2) is 11.2 Å². The number of fused-ring (bicyclic) bond motifs is 1. The third-order valence-corrected chi connectivity index (χ3v) is 6.40. The van der Waals surface area contributed by atoms with Crippen LogP contribution >= 0.6 is 11.6 Å². The molecule has 0 fully saturated rings. The summed E-state index contributed by atoms with van der Waals surface area (Å²) in [5.41, 5.74) is -2.75. The number of rotatable bonds is 5. The molecule has 4 rings (SSSR count). The van der Waals surface area contributed by atoms with Crippen molar-refractivity contribution >= 4 is 28.7 Å². The van der Waals surface area contributed by atoms with Crippen molar-refractivity contribution in [2.45, 2.75) is 24.6 Å². The number of aromatic carboxylic acids is 1. The van der Waals surface area contributed by atoms with Gasteiger partial charge in [0, 0.05) is 29.7 Å². The van der Waals surface area contributed by atoms with Crippen LogP contribution in [0.2, 0.25) is 5.02 Å². The first kappa shape index (κ1) is 24.5. The fourth-order valence-corrected chi connectivity index (χ4v) is 4.34. The van der Waals surface area contributed by atoms with Crippen LogP contribution in [0, 0.1) is 0 Å². The fourth-order valence-electron chi connectivity index (χ4n) is 4.00. The third-order valence-electron chi connectivity index (χ3n) is 6.07. The highest BCUT2D eigenvalue weighted by molar-refractivity contribution is 6.31. The Kier molecular flexibility index (Phi) is 5.98. The minimum absolute atomic E-state index is 0.0308. The summed E-state index contributed by atoms with van der Waals surface area (Å²) in [6.07, 6.45) is -3.78. The van der Waals surface area contributed by atoms with Gasteiger partial charge in [0.2, 0.25) is 0 Å². The van der Waals surface area contributed by atoms with E-state index in [0.29, 0.717) is 11.1 Å². The van der Waals surface area contributed by atoms with Gasteiger partial charge < -0.3 is 14.6 Å². The van der Waals surface area contributed by atoms with Crippen molar-refractivity contribution in [1.29, 1.82) is 0 Å². The highest BCUT2D eigenvalue weighted by atomic mass is 35.5. The number of aryl methyl sites for hydroxylation is 1. The molecule has 0 spiro atoms. The third kappa shape index (κ3) is 4.08. The van der Waals surface area contributed by atoms with Crippen molar-refractivity contribution in [3.05, 3.63) is 87.1 Å². The molecule has 0 aliphatic heterocycles. The highest BCUT2D eigenvalue weighted by Gasteiger charge is 2.59. The zero-order chi connectivity index (χ0) is 25.7. The monoisotopic (exact) mass is 506 g/mol. The van der Waals surface area contributed by atoms with Crippen molar-refractivity contribution in [3.8, 4) is 11.1 Å². The van der Waals surface area contributed by atoms with Gasteiger partial charge in [-0.2, -0.15) is 13.2 Å². The minimum Gasteiger partial charge on any atom is -0.477 e. The Morgan fingerprint density at radius 1 is 1.11 bits per heavy atom. The molecule has 2 heterocycles. The topological polar surface area (TPSA) is 106 Å². The van der Waals surface area contributed by atoms with Gasteiger partial charge in [-0.15, -0.1) is 0 Å². The molecule has 0 bridgehead atoms. The fraction of sp³-hybridized carbons (Fsp3) is 0.208. The molecule has 2 unspecified atom stereocenters. The van der Waals surface area contributed by atoms with E-state index in [1.807, 2.05) is 0 Å². The largest absolute Gasteiger partial charge is 0.477 e. The van der Waals surface area contributed by atoms with E-state index in [-0.39, 0.29) is 27.4 Å². The average molecular weight is 507 g/mol. The average Bonchev–Trinajstić information content (AvgIpc) is 3.10. The summed E-state index contributed by atoms with van der Waals surface area (Å²) in [4.78, 5) is 26.6. The molecule has 0 amide bonds. The summed E-state index contributed by atoms with van der Waals surface area (Å²) in [5.74, 6) is -3.48. The maximum absolute atomic E-state index is 14.4. The number of carboxylic acid groups (broad SMARTS) is 1. The lowest BCUT2D eigenvalue weighted by Gasteiger charge is -2.37. The summed E-state index contributed by atoms with van der Waals surface area (Å²) in [6, 6.07) is 10.4. The zero-order valence-corrected chi connectivity index (χ0v) is 19.1. The van der Waals surface area contributed by atoms with E-state index < -0.39 is 35.0 Å². The lowest BCUT2D eigenvalue weighted by atomic mass is 9.77. The second-order valence-corrected chi connectivity index (χ2v) is 8.48. The predicted molar refractivity (Wildman–Crippen MR) is 121 cm³/mol. The predicted octanol–water partition coefficient (Wildman–Crippen LogP) is 5.10. The van der Waals surface area contributed by atoms with Crippen molar-refractivity contribution in [3.63, 3.8) is 0 Å². The van der Waals surface area contributed by atoms with Crippen LogP contribution in [0.3, 0.4) is 0 Å². The molecule has 182 valence electrons. The van der Waals surface area contributed by atoms with Crippen LogP contribution in [-0.2, 0) is 12.6 Å². The number of oxazole rings is 1. The second kappa shape index (κ2) is 8.54. The molecule has 0 saturated carbocycles. The van der Waals surface area contributed by atoms with E-state index in [0.717, 1.165) is 16.7 Å². The van der Waals surface area contributed by atoms with E-state index in [9.17, 15) is 27.9 Å². The van der Waals surface area contributed by atoms with Crippen molar-refractivity contribution in [2.24, 2.45) is 7.05 Å². The molecule has 0 saturated heterocycles. The number of aliphatic hydroxyl groups is 1. The quantitative estimate of drug-likeness (QED) is 0.390. The van der Waals surface area contributed by atoms with Crippen LogP contribution in [-0.4, -0.2) is 31.9 Å². The lowest BCUT2D eigenvalue weighted by molar-refractivity contribution is -0.274. The normalized spacial score (nSPS) is 14.6. The molecule has 7 nitrogen and oxygen atoms in total. The molecule has 0 radical (unpaired) electrons. The number of benzene rings is 2. The van der Waals surface area contributed by atoms with Crippen LogP contribution in [0.4, 0.5) is 13.2 Å². The van der Waals surface area contributed by atoms with Crippen LogP contribution in [0.5, 0.6) is 0 Å². The van der Waals surface area contributed by atoms with Crippen molar-refractivity contribution in [2.75, 3.05) is 0 Å². The number of hydrogen-bond donors (Lipinski definition) is 2. The molecule has 2 aromatic carbocycles. The number of hydrogen-bond acceptors (Lipinski definition) is 5. The summed E-state index contributed by atoms with van der Waals surface area (Å²) in [6.45, 7) is 1.20. The number of carbonyl (C=O) groups is 1. The van der Waals surface area contributed by atoms with Gasteiger partial charge in [0.25, 0.3) is 0 Å². The van der Waals surface area contributed by atoms with Crippen LogP contribution < -0.4 is 5.76 Å². The van der Waals surface area contributed by atoms with Crippen LogP contribution in [0.1, 0.15) is 34.5 Å². The SMILES string of the molecule is CC(c1ccc(-c2ccc(C(=O)O)nc2)cc1Cl)C(O)(c1ccc2oc(=O)n(C)c2c1)C(F)(F)F. The van der Waals surface area contributed by atoms with Crippen molar-refractivity contribution in [1.82, 2.24) is 9.55 Å². The highest BCUT2D eigenvalue weighted by Crippen LogP contribution is 2.50. The van der Waals surface area contributed by atoms with Crippen molar-refractivity contribution < 1.29 is 32.6 Å². The standard InChI is InChI=1S/C24H18ClF3N2O5/c1-12(16-6-3-13(9-17(16)25)14-4-7-18(21(31)32)29-11-14)23(34,24(26,27)28)15-5-8-20-19(10-15)30(2)22(33)35-20/h3-12,34H,1-2H3,(H,31,32). The van der Waals surface area contributed by atoms with E-state index in [1.54, 1.807) is 0 Å². The summed E-state index contributed by atoms with van der Waals surface area (Å²) >= 11 is 6.37. The summed E-state index contributed by atoms with van der Waals surface area (Å²) in [5, 5.41) is 20.1. The van der Waals surface area contributed by atoms with Crippen LogP contribution in [0.25, 0.3) is 22.2 Å². The van der Waals surface area contributed by atoms with Gasteiger partial charge in [0.1, 0.15) is 5.69 Å². The number of alkyl halides is 3. The Bertz CT molecular complexity index is 1490. The molecule has 2 N–H and O–H groups in total. The molecule has 4 aromatic rings. The summed E-state index contributed by atoms with van der Waals surface area (Å²) < 4.78 is 49.1. The van der Waals surface area contributed by atoms with Gasteiger partial charge >= 0.3 is 17.9 Å². The molecule has 0 aliphatic rings. The van der Waals surface area contributed by atoms with Crippen LogP contribution in [0.15, 0.2) is 63.9 Å². The molecule has 11 heteroatoms. The Hall–Kier alpha value is -3.63. The smallest absolute Gasteiger partial charge is 0.422 e. The Morgan fingerprint density at radius 2 is 1.80 bits per heavy atom. The maximum atomic E-state index is 14.4. The minimum atomic E-state index is -5.10. The molecule has 35 heavy (non-hydrogen) atoms. The number of halogens is 4. The molecular weight excluding hydrogens is 489 g/mol. The second-order valence-electron chi connectivity index (χ2n) is 8.07. The van der Waals surface area contributed by atoms with E-state index >= 15 is 0 Å². The first-order valence-electron chi connectivity index (χ1n) is 10.2. The van der Waals surface area contributed by atoms with Gasteiger partial charge in [-0.25, -0.2) is 14.6 Å². The van der Waals surface area contributed by atoms with Gasteiger partial charge in [-0.3, -0.25) is 4.57 Å². The Morgan fingerprint density at radius 3 is 2.37 bits per heavy atom. The van der Waals surface area contributed by atoms with E-state index in [4.69, 9.17) is 21.1 Å². The van der Waals surface area contributed by atoms with E-state index in [1.165, 1.54) is 56.6 Å². The molecule has 0 aliphatic carbocycles. The van der Waals surface area contributed by atoms with E-state index in [2.05, 4.69) is 4.98 Å². The molecule has 2 aromatic heterocycles. The maximum Gasteiger partial charge on any atom is 0.422 e.